The monoisotopic (exact) mass is 221 g/mol. The Bertz CT molecular complexity index is 364. The van der Waals surface area contributed by atoms with Gasteiger partial charge in [-0.25, -0.2) is 4.79 Å². The lowest BCUT2D eigenvalue weighted by atomic mass is 10.2. The van der Waals surface area contributed by atoms with Crippen molar-refractivity contribution in [2.45, 2.75) is 6.18 Å². The first-order chi connectivity index (χ1) is 6.91. The number of halogens is 3. The minimum Gasteiger partial charge on any atom is -0.481 e. The van der Waals surface area contributed by atoms with E-state index in [0.29, 0.717) is 6.20 Å². The molecule has 0 saturated carbocycles. The molecule has 4 nitrogen and oxygen atoms in total. The number of rotatable bonds is 3. The van der Waals surface area contributed by atoms with Crippen LogP contribution in [0.5, 0.6) is 5.75 Å². The van der Waals surface area contributed by atoms with Crippen molar-refractivity contribution in [3.8, 4) is 5.75 Å². The smallest absolute Gasteiger partial charge is 0.421 e. The van der Waals surface area contributed by atoms with E-state index in [-0.39, 0.29) is 0 Å². The summed E-state index contributed by atoms with van der Waals surface area (Å²) >= 11 is 0. The van der Waals surface area contributed by atoms with Gasteiger partial charge < -0.3 is 9.84 Å². The van der Waals surface area contributed by atoms with Gasteiger partial charge in [0.05, 0.1) is 0 Å². The number of hydrogen-bond donors (Lipinski definition) is 1. The quantitative estimate of drug-likeness (QED) is 0.841. The first kappa shape index (κ1) is 11.3. The van der Waals surface area contributed by atoms with Crippen molar-refractivity contribution < 1.29 is 27.8 Å². The van der Waals surface area contributed by atoms with Gasteiger partial charge in [0, 0.05) is 12.4 Å². The van der Waals surface area contributed by atoms with Crippen LogP contribution < -0.4 is 4.74 Å². The van der Waals surface area contributed by atoms with Crippen LogP contribution >= 0.6 is 0 Å². The molecule has 15 heavy (non-hydrogen) atoms. The van der Waals surface area contributed by atoms with Gasteiger partial charge in [0.2, 0.25) is 0 Å². The number of carboxylic acid groups (broad SMARTS) is 1. The molecule has 1 rings (SSSR count). The summed E-state index contributed by atoms with van der Waals surface area (Å²) in [6.45, 7) is -0.826. The van der Waals surface area contributed by atoms with Crippen molar-refractivity contribution in [3.05, 3.63) is 24.0 Å². The highest BCUT2D eigenvalue weighted by atomic mass is 19.4. The molecule has 0 atom stereocenters. The third kappa shape index (κ3) is 3.12. The maximum Gasteiger partial charge on any atom is 0.421 e. The SMILES string of the molecule is O=C(O)COc1ccncc1C(F)(F)F. The van der Waals surface area contributed by atoms with E-state index in [1.807, 2.05) is 0 Å². The Morgan fingerprint density at radius 1 is 1.53 bits per heavy atom. The lowest BCUT2D eigenvalue weighted by Crippen LogP contribution is -2.14. The van der Waals surface area contributed by atoms with Crippen molar-refractivity contribution in [2.75, 3.05) is 6.61 Å². The Kier molecular flexibility index (Phi) is 3.13. The molecule has 0 unspecified atom stereocenters. The van der Waals surface area contributed by atoms with Crippen LogP contribution in [0.25, 0.3) is 0 Å². The maximum atomic E-state index is 12.3. The van der Waals surface area contributed by atoms with Gasteiger partial charge in [-0.15, -0.1) is 0 Å². The second kappa shape index (κ2) is 4.16. The van der Waals surface area contributed by atoms with Crippen molar-refractivity contribution >= 4 is 5.97 Å². The fourth-order valence-electron chi connectivity index (χ4n) is 0.860. The second-order valence-electron chi connectivity index (χ2n) is 2.55. The molecule has 0 amide bonds. The average molecular weight is 221 g/mol. The van der Waals surface area contributed by atoms with Crippen LogP contribution in [0, 0.1) is 0 Å². The topological polar surface area (TPSA) is 59.4 Å². The van der Waals surface area contributed by atoms with Crippen molar-refractivity contribution in [1.29, 1.82) is 0 Å². The molecule has 0 fully saturated rings. The summed E-state index contributed by atoms with van der Waals surface area (Å²) in [7, 11) is 0. The molecular formula is C8H6F3NO3. The van der Waals surface area contributed by atoms with Crippen LogP contribution in [0.3, 0.4) is 0 Å². The molecule has 7 heteroatoms. The zero-order chi connectivity index (χ0) is 11.5. The number of nitrogens with zero attached hydrogens (tertiary/aromatic N) is 1. The highest BCUT2D eigenvalue weighted by Crippen LogP contribution is 2.35. The van der Waals surface area contributed by atoms with E-state index < -0.39 is 30.1 Å². The molecule has 0 aliphatic heterocycles. The fourth-order valence-corrected chi connectivity index (χ4v) is 0.860. The minimum absolute atomic E-state index is 0.542. The van der Waals surface area contributed by atoms with Crippen molar-refractivity contribution in [2.24, 2.45) is 0 Å². The van der Waals surface area contributed by atoms with Gasteiger partial charge in [-0.05, 0) is 6.07 Å². The summed E-state index contributed by atoms with van der Waals surface area (Å²) in [5, 5.41) is 8.25. The van der Waals surface area contributed by atoms with E-state index in [9.17, 15) is 18.0 Å². The number of carboxylic acids is 1. The summed E-state index contributed by atoms with van der Waals surface area (Å²) in [6, 6.07) is 0.964. The number of aliphatic carboxylic acids is 1. The van der Waals surface area contributed by atoms with Crippen LogP contribution in [0.15, 0.2) is 18.5 Å². The number of aromatic nitrogens is 1. The number of hydrogen-bond acceptors (Lipinski definition) is 3. The summed E-state index contributed by atoms with van der Waals surface area (Å²) in [4.78, 5) is 13.4. The third-order valence-corrected chi connectivity index (χ3v) is 1.44. The second-order valence-corrected chi connectivity index (χ2v) is 2.55. The molecule has 0 saturated heterocycles. The van der Waals surface area contributed by atoms with Gasteiger partial charge in [0.25, 0.3) is 0 Å². The Hall–Kier alpha value is -1.79. The molecule has 1 N–H and O–H groups in total. The average Bonchev–Trinajstić information content (AvgIpc) is 2.13. The Morgan fingerprint density at radius 3 is 2.73 bits per heavy atom. The van der Waals surface area contributed by atoms with Gasteiger partial charge in [-0.2, -0.15) is 13.2 Å². The van der Waals surface area contributed by atoms with Gasteiger partial charge in [0.1, 0.15) is 11.3 Å². The minimum atomic E-state index is -4.61. The number of alkyl halides is 3. The molecule has 0 aliphatic carbocycles. The van der Waals surface area contributed by atoms with Crippen molar-refractivity contribution in [1.82, 2.24) is 4.98 Å². The predicted octanol–water partition coefficient (Wildman–Crippen LogP) is 1.56. The van der Waals surface area contributed by atoms with E-state index >= 15 is 0 Å². The molecule has 82 valence electrons. The largest absolute Gasteiger partial charge is 0.481 e. The molecule has 0 bridgehead atoms. The fraction of sp³-hybridized carbons (Fsp3) is 0.250. The number of ether oxygens (including phenoxy) is 1. The van der Waals surface area contributed by atoms with E-state index in [0.717, 1.165) is 12.3 Å². The number of carbonyl (C=O) groups is 1. The Balaban J connectivity index is 2.92. The van der Waals surface area contributed by atoms with E-state index in [4.69, 9.17) is 5.11 Å². The van der Waals surface area contributed by atoms with E-state index in [1.165, 1.54) is 0 Å². The Morgan fingerprint density at radius 2 is 2.20 bits per heavy atom. The highest BCUT2D eigenvalue weighted by molar-refractivity contribution is 5.68. The molecule has 0 spiro atoms. The summed E-state index contributed by atoms with van der Waals surface area (Å²) in [5.41, 5.74) is -1.09. The first-order valence-corrected chi connectivity index (χ1v) is 3.77. The van der Waals surface area contributed by atoms with Crippen LogP contribution in [0.1, 0.15) is 5.56 Å². The van der Waals surface area contributed by atoms with Crippen LogP contribution in [-0.2, 0) is 11.0 Å². The Labute approximate surface area is 82.3 Å². The molecule has 1 aromatic rings. The van der Waals surface area contributed by atoms with Crippen molar-refractivity contribution in [3.63, 3.8) is 0 Å². The summed E-state index contributed by atoms with van der Waals surface area (Å²) < 4.78 is 41.4. The summed E-state index contributed by atoms with van der Waals surface area (Å²) in [6.07, 6.45) is -2.94. The van der Waals surface area contributed by atoms with Gasteiger partial charge in [0.15, 0.2) is 6.61 Å². The molecular weight excluding hydrogens is 215 g/mol. The zero-order valence-corrected chi connectivity index (χ0v) is 7.28. The highest BCUT2D eigenvalue weighted by Gasteiger charge is 2.34. The van der Waals surface area contributed by atoms with Gasteiger partial charge in [-0.3, -0.25) is 4.98 Å². The lowest BCUT2D eigenvalue weighted by molar-refractivity contribution is -0.143. The van der Waals surface area contributed by atoms with Gasteiger partial charge >= 0.3 is 12.1 Å². The van der Waals surface area contributed by atoms with Crippen LogP contribution in [0.2, 0.25) is 0 Å². The summed E-state index contributed by atoms with van der Waals surface area (Å²) in [5.74, 6) is -1.89. The molecule has 1 heterocycles. The zero-order valence-electron chi connectivity index (χ0n) is 7.28. The van der Waals surface area contributed by atoms with E-state index in [1.54, 1.807) is 0 Å². The standard InChI is InChI=1S/C8H6F3NO3/c9-8(10,11)5-3-12-2-1-6(5)15-4-7(13)14/h1-3H,4H2,(H,13,14). The maximum absolute atomic E-state index is 12.3. The number of pyridine rings is 1. The van der Waals surface area contributed by atoms with Crippen LogP contribution in [-0.4, -0.2) is 22.7 Å². The molecule has 0 radical (unpaired) electrons. The van der Waals surface area contributed by atoms with Gasteiger partial charge in [-0.1, -0.05) is 0 Å². The first-order valence-electron chi connectivity index (χ1n) is 3.77. The van der Waals surface area contributed by atoms with E-state index in [2.05, 4.69) is 9.72 Å². The molecule has 0 aliphatic rings. The third-order valence-electron chi connectivity index (χ3n) is 1.44. The predicted molar refractivity (Wildman–Crippen MR) is 42.4 cm³/mol. The molecule has 0 aromatic carbocycles. The lowest BCUT2D eigenvalue weighted by Gasteiger charge is -2.11. The van der Waals surface area contributed by atoms with Crippen LogP contribution in [0.4, 0.5) is 13.2 Å². The molecule has 1 aromatic heterocycles. The normalized spacial score (nSPS) is 11.1.